The van der Waals surface area contributed by atoms with Crippen LogP contribution in [0.2, 0.25) is 22.7 Å². The van der Waals surface area contributed by atoms with Crippen molar-refractivity contribution in [2.75, 3.05) is 5.75 Å². The Bertz CT molecular complexity index is 245. The van der Waals surface area contributed by atoms with Crippen LogP contribution >= 0.6 is 12.6 Å². The Kier molecular flexibility index (Phi) is 5.58. The summed E-state index contributed by atoms with van der Waals surface area (Å²) in [6.45, 7) is 0. The van der Waals surface area contributed by atoms with E-state index < -0.39 is 8.07 Å². The third-order valence-corrected chi connectivity index (χ3v) is 14.9. The van der Waals surface area contributed by atoms with Gasteiger partial charge in [0.1, 0.15) is 0 Å². The van der Waals surface area contributed by atoms with E-state index in [4.69, 9.17) is 0 Å². The minimum atomic E-state index is -1.07. The van der Waals surface area contributed by atoms with Crippen LogP contribution in [0.4, 0.5) is 0 Å². The summed E-state index contributed by atoms with van der Waals surface area (Å²) in [5.74, 6) is 1.14. The highest BCUT2D eigenvalue weighted by atomic mass is 32.1. The van der Waals surface area contributed by atoms with Gasteiger partial charge in [0.25, 0.3) is 0 Å². The van der Waals surface area contributed by atoms with E-state index in [9.17, 15) is 0 Å². The van der Waals surface area contributed by atoms with Crippen LogP contribution in [0, 0.1) is 0 Å². The van der Waals surface area contributed by atoms with E-state index in [1.807, 2.05) is 0 Å². The molecule has 0 unspecified atom stereocenters. The van der Waals surface area contributed by atoms with Crippen molar-refractivity contribution in [2.24, 2.45) is 0 Å². The third-order valence-electron chi connectivity index (χ3n) is 7.11. The Hall–Kier alpha value is 0.567. The molecule has 0 atom stereocenters. The molecular weight excluding hydrogens is 276 g/mol. The van der Waals surface area contributed by atoms with Crippen molar-refractivity contribution in [3.8, 4) is 0 Å². The molecule has 2 heteroatoms. The molecule has 3 rings (SSSR count). The normalized spacial score (nSPS) is 26.9. The average Bonchev–Trinajstić information content (AvgIpc) is 3.23. The number of hydrogen-bond acceptors (Lipinski definition) is 1. The molecule has 0 amide bonds. The first-order chi connectivity index (χ1) is 9.88. The standard InChI is InChI=1S/C18H34SSi/c19-14-7-15-20(16-8-1-2-9-16,17-10-3-4-11-17)18-12-5-6-13-18/h16-19H,1-15H2. The van der Waals surface area contributed by atoms with Crippen LogP contribution in [-0.4, -0.2) is 13.8 Å². The predicted molar refractivity (Wildman–Crippen MR) is 95.7 cm³/mol. The van der Waals surface area contributed by atoms with Crippen LogP contribution in [0.5, 0.6) is 0 Å². The lowest BCUT2D eigenvalue weighted by molar-refractivity contribution is 0.660. The first-order valence-electron chi connectivity index (χ1n) is 9.49. The second kappa shape index (κ2) is 7.22. The second-order valence-electron chi connectivity index (χ2n) is 7.88. The number of thiol groups is 1. The molecule has 0 radical (unpaired) electrons. The van der Waals surface area contributed by atoms with Gasteiger partial charge in [-0.15, -0.1) is 0 Å². The maximum absolute atomic E-state index is 4.58. The van der Waals surface area contributed by atoms with E-state index in [0.29, 0.717) is 0 Å². The molecule has 0 spiro atoms. The molecule has 0 saturated heterocycles. The van der Waals surface area contributed by atoms with Crippen molar-refractivity contribution in [3.63, 3.8) is 0 Å². The topological polar surface area (TPSA) is 0 Å². The van der Waals surface area contributed by atoms with Gasteiger partial charge < -0.3 is 0 Å². The zero-order valence-corrected chi connectivity index (χ0v) is 15.2. The van der Waals surface area contributed by atoms with Crippen molar-refractivity contribution in [3.05, 3.63) is 0 Å². The predicted octanol–water partition coefficient (Wildman–Crippen LogP) is 6.59. The van der Waals surface area contributed by atoms with Gasteiger partial charge in [-0.1, -0.05) is 83.1 Å². The molecule has 0 aromatic heterocycles. The largest absolute Gasteiger partial charge is 0.179 e. The Balaban J connectivity index is 1.87. The lowest BCUT2D eigenvalue weighted by Gasteiger charge is -2.47. The van der Waals surface area contributed by atoms with Crippen molar-refractivity contribution in [1.82, 2.24) is 0 Å². The Labute approximate surface area is 132 Å². The van der Waals surface area contributed by atoms with E-state index in [1.165, 1.54) is 23.0 Å². The minimum absolute atomic E-state index is 1.07. The molecule has 20 heavy (non-hydrogen) atoms. The first-order valence-corrected chi connectivity index (χ1v) is 12.6. The van der Waals surface area contributed by atoms with Gasteiger partial charge in [-0.25, -0.2) is 0 Å². The van der Waals surface area contributed by atoms with Crippen molar-refractivity contribution >= 4 is 20.7 Å². The Morgan fingerprint density at radius 3 is 1.30 bits per heavy atom. The van der Waals surface area contributed by atoms with Crippen molar-refractivity contribution in [1.29, 1.82) is 0 Å². The van der Waals surface area contributed by atoms with Gasteiger partial charge in [-0.05, 0) is 28.8 Å². The fraction of sp³-hybridized carbons (Fsp3) is 1.00. The molecule has 0 nitrogen and oxygen atoms in total. The molecule has 0 heterocycles. The summed E-state index contributed by atoms with van der Waals surface area (Å²) in [7, 11) is -1.07. The summed E-state index contributed by atoms with van der Waals surface area (Å²) in [5.41, 5.74) is 3.65. The molecule has 3 saturated carbocycles. The molecule has 0 N–H and O–H groups in total. The van der Waals surface area contributed by atoms with E-state index in [2.05, 4.69) is 12.6 Å². The summed E-state index contributed by atoms with van der Waals surface area (Å²) < 4.78 is 0. The lowest BCUT2D eigenvalue weighted by atomic mass is 10.3. The maximum Gasteiger partial charge on any atom is 0.0629 e. The molecule has 0 aromatic rings. The van der Waals surface area contributed by atoms with Crippen LogP contribution in [-0.2, 0) is 0 Å². The molecule has 0 aromatic carbocycles. The van der Waals surface area contributed by atoms with Crippen molar-refractivity contribution in [2.45, 2.75) is 106 Å². The van der Waals surface area contributed by atoms with Crippen LogP contribution < -0.4 is 0 Å². The number of rotatable bonds is 6. The molecule has 3 fully saturated rings. The smallest absolute Gasteiger partial charge is 0.0629 e. The van der Waals surface area contributed by atoms with Crippen LogP contribution in [0.25, 0.3) is 0 Å². The van der Waals surface area contributed by atoms with Crippen LogP contribution in [0.15, 0.2) is 0 Å². The van der Waals surface area contributed by atoms with E-state index in [-0.39, 0.29) is 0 Å². The fourth-order valence-electron chi connectivity index (χ4n) is 6.39. The third kappa shape index (κ3) is 2.88. The first kappa shape index (κ1) is 15.5. The maximum atomic E-state index is 4.58. The van der Waals surface area contributed by atoms with Gasteiger partial charge in [-0.2, -0.15) is 12.6 Å². The molecule has 0 aliphatic heterocycles. The summed E-state index contributed by atoms with van der Waals surface area (Å²) >= 11 is 4.58. The van der Waals surface area contributed by atoms with E-state index in [0.717, 1.165) is 5.75 Å². The highest BCUT2D eigenvalue weighted by molar-refractivity contribution is 7.80. The summed E-state index contributed by atoms with van der Waals surface area (Å²) in [6.07, 6.45) is 20.5. The van der Waals surface area contributed by atoms with Gasteiger partial charge >= 0.3 is 0 Å². The summed E-state index contributed by atoms with van der Waals surface area (Å²) in [6, 6.07) is 1.65. The van der Waals surface area contributed by atoms with Crippen LogP contribution in [0.1, 0.15) is 83.5 Å². The Morgan fingerprint density at radius 2 is 1.00 bits per heavy atom. The van der Waals surface area contributed by atoms with Gasteiger partial charge in [0.15, 0.2) is 0 Å². The van der Waals surface area contributed by atoms with Gasteiger partial charge in [0.05, 0.1) is 8.07 Å². The van der Waals surface area contributed by atoms with E-state index >= 15 is 0 Å². The lowest BCUT2D eigenvalue weighted by Crippen LogP contribution is -2.47. The molecular formula is C18H34SSi. The quantitative estimate of drug-likeness (QED) is 0.415. The number of hydrogen-bond donors (Lipinski definition) is 1. The van der Waals surface area contributed by atoms with Gasteiger partial charge in [0, 0.05) is 0 Å². The van der Waals surface area contributed by atoms with Gasteiger partial charge in [-0.3, -0.25) is 0 Å². The highest BCUT2D eigenvalue weighted by Gasteiger charge is 2.52. The van der Waals surface area contributed by atoms with Gasteiger partial charge in [0.2, 0.25) is 0 Å². The fourth-order valence-corrected chi connectivity index (χ4v) is 15.3. The van der Waals surface area contributed by atoms with Crippen molar-refractivity contribution < 1.29 is 0 Å². The minimum Gasteiger partial charge on any atom is -0.179 e. The Morgan fingerprint density at radius 1 is 0.650 bits per heavy atom. The monoisotopic (exact) mass is 310 g/mol. The molecule has 0 bridgehead atoms. The summed E-state index contributed by atoms with van der Waals surface area (Å²) in [5, 5.41) is 0. The zero-order valence-electron chi connectivity index (χ0n) is 13.3. The molecule has 3 aliphatic carbocycles. The van der Waals surface area contributed by atoms with Crippen LogP contribution in [0.3, 0.4) is 0 Å². The van der Waals surface area contributed by atoms with E-state index in [1.54, 1.807) is 83.1 Å². The highest BCUT2D eigenvalue weighted by Crippen LogP contribution is 2.60. The average molecular weight is 311 g/mol. The molecule has 116 valence electrons. The molecule has 3 aliphatic rings. The zero-order chi connectivity index (χ0) is 13.8. The second-order valence-corrected chi connectivity index (χ2v) is 13.5. The SMILES string of the molecule is SCCC[Si](C1CCCC1)(C1CCCC1)C1CCCC1. The summed E-state index contributed by atoms with van der Waals surface area (Å²) in [4.78, 5) is 0.